The van der Waals surface area contributed by atoms with E-state index < -0.39 is 6.04 Å². The highest BCUT2D eigenvalue weighted by atomic mass is 16.2. The van der Waals surface area contributed by atoms with Gasteiger partial charge in [0.1, 0.15) is 0 Å². The summed E-state index contributed by atoms with van der Waals surface area (Å²) in [5.74, 6) is -0.153. The van der Waals surface area contributed by atoms with Gasteiger partial charge in [0, 0.05) is 20.3 Å². The summed E-state index contributed by atoms with van der Waals surface area (Å²) in [7, 11) is 3.84. The van der Waals surface area contributed by atoms with Gasteiger partial charge in [0.25, 0.3) is 0 Å². The SMILES string of the molecule is CCCCC(N)C(=O)Nc1cnccc1N(C)C. The molecule has 0 saturated heterocycles. The second-order valence-electron chi connectivity index (χ2n) is 4.53. The van der Waals surface area contributed by atoms with Crippen LogP contribution in [-0.4, -0.2) is 31.0 Å². The van der Waals surface area contributed by atoms with Crippen molar-refractivity contribution in [3.05, 3.63) is 18.5 Å². The summed E-state index contributed by atoms with van der Waals surface area (Å²) >= 11 is 0. The monoisotopic (exact) mass is 250 g/mol. The van der Waals surface area contributed by atoms with Crippen molar-refractivity contribution in [1.29, 1.82) is 0 Å². The molecule has 0 radical (unpaired) electrons. The van der Waals surface area contributed by atoms with Crippen molar-refractivity contribution < 1.29 is 4.79 Å². The van der Waals surface area contributed by atoms with Crippen molar-refractivity contribution in [2.45, 2.75) is 32.2 Å². The molecule has 1 heterocycles. The van der Waals surface area contributed by atoms with Crippen LogP contribution < -0.4 is 16.0 Å². The third-order valence-electron chi connectivity index (χ3n) is 2.74. The van der Waals surface area contributed by atoms with Gasteiger partial charge in [-0.05, 0) is 12.5 Å². The Bertz CT molecular complexity index is 392. The molecule has 1 aromatic rings. The molecule has 1 unspecified atom stereocenters. The van der Waals surface area contributed by atoms with Crippen molar-refractivity contribution in [1.82, 2.24) is 4.98 Å². The van der Waals surface area contributed by atoms with E-state index in [9.17, 15) is 4.79 Å². The predicted octanol–water partition coefficient (Wildman–Crippen LogP) is 1.60. The number of nitrogens with zero attached hydrogens (tertiary/aromatic N) is 2. The Morgan fingerprint density at radius 1 is 1.56 bits per heavy atom. The van der Waals surface area contributed by atoms with Gasteiger partial charge in [-0.25, -0.2) is 0 Å². The summed E-state index contributed by atoms with van der Waals surface area (Å²) < 4.78 is 0. The minimum Gasteiger partial charge on any atom is -0.376 e. The first-order valence-electron chi connectivity index (χ1n) is 6.24. The molecule has 0 aliphatic carbocycles. The van der Waals surface area contributed by atoms with Crippen LogP contribution >= 0.6 is 0 Å². The molecule has 100 valence electrons. The molecule has 5 nitrogen and oxygen atoms in total. The van der Waals surface area contributed by atoms with E-state index in [-0.39, 0.29) is 5.91 Å². The number of aromatic nitrogens is 1. The van der Waals surface area contributed by atoms with E-state index >= 15 is 0 Å². The number of pyridine rings is 1. The molecule has 0 bridgehead atoms. The first-order valence-corrected chi connectivity index (χ1v) is 6.24. The number of nitrogens with two attached hydrogens (primary N) is 1. The molecule has 0 aromatic carbocycles. The smallest absolute Gasteiger partial charge is 0.241 e. The number of unbranched alkanes of at least 4 members (excludes halogenated alkanes) is 1. The number of nitrogens with one attached hydrogen (secondary N) is 1. The van der Waals surface area contributed by atoms with E-state index in [1.54, 1.807) is 12.4 Å². The van der Waals surface area contributed by atoms with Crippen LogP contribution in [0.2, 0.25) is 0 Å². The number of carbonyl (C=O) groups is 1. The molecule has 0 aliphatic rings. The van der Waals surface area contributed by atoms with Crippen LogP contribution in [0, 0.1) is 0 Å². The van der Waals surface area contributed by atoms with Gasteiger partial charge >= 0.3 is 0 Å². The topological polar surface area (TPSA) is 71.2 Å². The Kier molecular flexibility index (Phi) is 5.58. The van der Waals surface area contributed by atoms with Gasteiger partial charge in [-0.3, -0.25) is 9.78 Å². The Hall–Kier alpha value is -1.62. The minimum absolute atomic E-state index is 0.153. The van der Waals surface area contributed by atoms with E-state index in [0.717, 1.165) is 18.5 Å². The van der Waals surface area contributed by atoms with Crippen molar-refractivity contribution in [2.24, 2.45) is 5.73 Å². The van der Waals surface area contributed by atoms with Crippen LogP contribution in [0.25, 0.3) is 0 Å². The molecule has 1 atom stereocenters. The fraction of sp³-hybridized carbons (Fsp3) is 0.538. The highest BCUT2D eigenvalue weighted by Crippen LogP contribution is 2.22. The van der Waals surface area contributed by atoms with Crippen LogP contribution in [0.3, 0.4) is 0 Å². The molecule has 0 saturated carbocycles. The van der Waals surface area contributed by atoms with E-state index in [2.05, 4.69) is 17.2 Å². The number of hydrogen-bond acceptors (Lipinski definition) is 4. The molecular weight excluding hydrogens is 228 g/mol. The van der Waals surface area contributed by atoms with E-state index in [1.807, 2.05) is 25.1 Å². The molecule has 5 heteroatoms. The lowest BCUT2D eigenvalue weighted by atomic mass is 10.1. The summed E-state index contributed by atoms with van der Waals surface area (Å²) in [6.45, 7) is 2.08. The number of hydrogen-bond donors (Lipinski definition) is 2. The molecule has 0 aliphatic heterocycles. The van der Waals surface area contributed by atoms with Gasteiger partial charge in [-0.1, -0.05) is 19.8 Å². The van der Waals surface area contributed by atoms with Gasteiger partial charge in [-0.2, -0.15) is 0 Å². The van der Waals surface area contributed by atoms with Crippen molar-refractivity contribution in [2.75, 3.05) is 24.3 Å². The fourth-order valence-electron chi connectivity index (χ4n) is 1.65. The standard InChI is InChI=1S/C13H22N4O/c1-4-5-6-10(14)13(18)16-11-9-15-8-7-12(11)17(2)3/h7-10H,4-6,14H2,1-3H3,(H,16,18). The number of amides is 1. The molecular formula is C13H22N4O. The number of anilines is 2. The maximum Gasteiger partial charge on any atom is 0.241 e. The normalized spacial score (nSPS) is 12.0. The quantitative estimate of drug-likeness (QED) is 0.804. The molecule has 0 fully saturated rings. The third kappa shape index (κ3) is 4.00. The minimum atomic E-state index is -0.458. The van der Waals surface area contributed by atoms with Gasteiger partial charge in [-0.15, -0.1) is 0 Å². The zero-order chi connectivity index (χ0) is 13.5. The average molecular weight is 250 g/mol. The van der Waals surface area contributed by atoms with E-state index in [1.165, 1.54) is 0 Å². The summed E-state index contributed by atoms with van der Waals surface area (Å²) in [5, 5.41) is 2.83. The third-order valence-corrected chi connectivity index (χ3v) is 2.74. The lowest BCUT2D eigenvalue weighted by Crippen LogP contribution is -2.35. The van der Waals surface area contributed by atoms with Crippen LogP contribution in [0.4, 0.5) is 11.4 Å². The number of carbonyl (C=O) groups excluding carboxylic acids is 1. The van der Waals surface area contributed by atoms with Gasteiger partial charge < -0.3 is 16.0 Å². The summed E-state index contributed by atoms with van der Waals surface area (Å²) in [4.78, 5) is 17.9. The second kappa shape index (κ2) is 6.96. The van der Waals surface area contributed by atoms with Crippen molar-refractivity contribution >= 4 is 17.3 Å². The van der Waals surface area contributed by atoms with Crippen LogP contribution in [0.1, 0.15) is 26.2 Å². The Morgan fingerprint density at radius 2 is 2.28 bits per heavy atom. The maximum atomic E-state index is 11.9. The second-order valence-corrected chi connectivity index (χ2v) is 4.53. The molecule has 3 N–H and O–H groups in total. The van der Waals surface area contributed by atoms with Crippen LogP contribution in [0.15, 0.2) is 18.5 Å². The predicted molar refractivity (Wildman–Crippen MR) is 74.7 cm³/mol. The highest BCUT2D eigenvalue weighted by Gasteiger charge is 2.15. The lowest BCUT2D eigenvalue weighted by molar-refractivity contribution is -0.117. The Balaban J connectivity index is 2.69. The fourth-order valence-corrected chi connectivity index (χ4v) is 1.65. The first kappa shape index (κ1) is 14.4. The zero-order valence-corrected chi connectivity index (χ0v) is 11.3. The van der Waals surface area contributed by atoms with E-state index in [0.29, 0.717) is 12.1 Å². The first-order chi connectivity index (χ1) is 8.56. The Labute approximate surface area is 108 Å². The molecule has 1 aromatic heterocycles. The maximum absolute atomic E-state index is 11.9. The molecule has 18 heavy (non-hydrogen) atoms. The average Bonchev–Trinajstić information content (AvgIpc) is 2.36. The van der Waals surface area contributed by atoms with Crippen LogP contribution in [-0.2, 0) is 4.79 Å². The van der Waals surface area contributed by atoms with E-state index in [4.69, 9.17) is 5.73 Å². The van der Waals surface area contributed by atoms with Crippen molar-refractivity contribution in [3.8, 4) is 0 Å². The van der Waals surface area contributed by atoms with Crippen molar-refractivity contribution in [3.63, 3.8) is 0 Å². The summed E-state index contributed by atoms with van der Waals surface area (Å²) in [6, 6.07) is 1.40. The van der Waals surface area contributed by atoms with Crippen LogP contribution in [0.5, 0.6) is 0 Å². The summed E-state index contributed by atoms with van der Waals surface area (Å²) in [5.41, 5.74) is 7.44. The largest absolute Gasteiger partial charge is 0.376 e. The summed E-state index contributed by atoms with van der Waals surface area (Å²) in [6.07, 6.45) is 6.04. The van der Waals surface area contributed by atoms with Gasteiger partial charge in [0.2, 0.25) is 5.91 Å². The lowest BCUT2D eigenvalue weighted by Gasteiger charge is -2.18. The number of rotatable bonds is 6. The Morgan fingerprint density at radius 3 is 2.89 bits per heavy atom. The molecule has 0 spiro atoms. The highest BCUT2D eigenvalue weighted by molar-refractivity contribution is 5.97. The van der Waals surface area contributed by atoms with Gasteiger partial charge in [0.05, 0.1) is 23.6 Å². The molecule has 1 amide bonds. The molecule has 1 rings (SSSR count). The van der Waals surface area contributed by atoms with Gasteiger partial charge in [0.15, 0.2) is 0 Å². The zero-order valence-electron chi connectivity index (χ0n) is 11.3.